The van der Waals surface area contributed by atoms with E-state index in [0.717, 1.165) is 31.8 Å². The number of piperidine rings is 1. The summed E-state index contributed by atoms with van der Waals surface area (Å²) in [5, 5.41) is 4.00. The molecular weight excluding hydrogens is 244 g/mol. The molecule has 0 aliphatic carbocycles. The minimum Gasteiger partial charge on any atom is -0.368 e. The van der Waals surface area contributed by atoms with Crippen LogP contribution >= 0.6 is 0 Å². The lowest BCUT2D eigenvalue weighted by atomic mass is 10.00. The van der Waals surface area contributed by atoms with E-state index in [1.165, 1.54) is 17.3 Å². The van der Waals surface area contributed by atoms with Crippen LogP contribution in [0.3, 0.4) is 0 Å². The molecule has 19 heavy (non-hydrogen) atoms. The van der Waals surface area contributed by atoms with E-state index in [0.29, 0.717) is 11.9 Å². The first-order valence-electron chi connectivity index (χ1n) is 6.34. The van der Waals surface area contributed by atoms with Crippen LogP contribution in [-0.2, 0) is 0 Å². The van der Waals surface area contributed by atoms with Gasteiger partial charge >= 0.3 is 0 Å². The fourth-order valence-electron chi connectivity index (χ4n) is 2.13. The highest BCUT2D eigenvalue weighted by Gasteiger charge is 2.19. The first kappa shape index (κ1) is 11.8. The van der Waals surface area contributed by atoms with Crippen molar-refractivity contribution in [1.29, 1.82) is 0 Å². The van der Waals surface area contributed by atoms with Crippen molar-refractivity contribution in [1.82, 2.24) is 29.7 Å². The predicted octanol–water partition coefficient (Wildman–Crippen LogP) is 0.271. The summed E-state index contributed by atoms with van der Waals surface area (Å²) in [5.74, 6) is 1.97. The van der Waals surface area contributed by atoms with Crippen molar-refractivity contribution in [3.8, 4) is 5.95 Å². The van der Waals surface area contributed by atoms with Crippen molar-refractivity contribution in [2.75, 3.05) is 23.7 Å². The molecule has 1 aliphatic heterocycles. The Labute approximate surface area is 110 Å². The van der Waals surface area contributed by atoms with Crippen LogP contribution in [0.4, 0.5) is 11.9 Å². The van der Waals surface area contributed by atoms with Crippen LogP contribution < -0.4 is 10.6 Å². The molecule has 3 rings (SSSR count). The smallest absolute Gasteiger partial charge is 0.258 e. The quantitative estimate of drug-likeness (QED) is 0.827. The van der Waals surface area contributed by atoms with Gasteiger partial charge in [-0.25, -0.2) is 4.98 Å². The second-order valence-electron chi connectivity index (χ2n) is 4.80. The van der Waals surface area contributed by atoms with E-state index >= 15 is 0 Å². The third-order valence-electron chi connectivity index (χ3n) is 3.32. The van der Waals surface area contributed by atoms with Gasteiger partial charge in [0.05, 0.1) is 0 Å². The van der Waals surface area contributed by atoms with Gasteiger partial charge in [0, 0.05) is 13.1 Å². The summed E-state index contributed by atoms with van der Waals surface area (Å²) in [6.07, 6.45) is 5.26. The number of nitrogens with zero attached hydrogens (tertiary/aromatic N) is 7. The normalized spacial score (nSPS) is 16.8. The molecule has 8 nitrogen and oxygen atoms in total. The van der Waals surface area contributed by atoms with E-state index in [2.05, 4.69) is 36.9 Å². The molecule has 0 atom stereocenters. The second-order valence-corrected chi connectivity index (χ2v) is 4.80. The molecule has 2 aromatic heterocycles. The Balaban J connectivity index is 1.90. The minimum atomic E-state index is 0.203. The Morgan fingerprint density at radius 3 is 2.58 bits per heavy atom. The first-order chi connectivity index (χ1) is 9.22. The molecule has 2 N–H and O–H groups in total. The lowest BCUT2D eigenvalue weighted by Gasteiger charge is -2.30. The summed E-state index contributed by atoms with van der Waals surface area (Å²) < 4.78 is 1.48. The zero-order chi connectivity index (χ0) is 13.2. The molecule has 3 heterocycles. The third kappa shape index (κ3) is 2.47. The fourth-order valence-corrected chi connectivity index (χ4v) is 2.13. The Morgan fingerprint density at radius 1 is 1.16 bits per heavy atom. The first-order valence-corrected chi connectivity index (χ1v) is 6.34. The van der Waals surface area contributed by atoms with Crippen molar-refractivity contribution < 1.29 is 0 Å². The van der Waals surface area contributed by atoms with Crippen molar-refractivity contribution in [2.24, 2.45) is 5.92 Å². The van der Waals surface area contributed by atoms with Gasteiger partial charge in [0.25, 0.3) is 5.95 Å². The van der Waals surface area contributed by atoms with Gasteiger partial charge in [0.15, 0.2) is 0 Å². The van der Waals surface area contributed by atoms with Gasteiger partial charge in [0.2, 0.25) is 11.9 Å². The Hall–Kier alpha value is -2.25. The van der Waals surface area contributed by atoms with Crippen molar-refractivity contribution in [2.45, 2.75) is 19.8 Å². The molecule has 0 spiro atoms. The average Bonchev–Trinajstić information content (AvgIpc) is 2.93. The van der Waals surface area contributed by atoms with Gasteiger partial charge in [-0.2, -0.15) is 24.7 Å². The van der Waals surface area contributed by atoms with Gasteiger partial charge in [-0.15, -0.1) is 0 Å². The topological polar surface area (TPSA) is 98.6 Å². The van der Waals surface area contributed by atoms with E-state index in [9.17, 15) is 0 Å². The molecule has 0 radical (unpaired) electrons. The van der Waals surface area contributed by atoms with E-state index in [-0.39, 0.29) is 5.95 Å². The molecule has 0 saturated carbocycles. The van der Waals surface area contributed by atoms with Gasteiger partial charge in [-0.1, -0.05) is 6.92 Å². The summed E-state index contributed by atoms with van der Waals surface area (Å²) in [6.45, 7) is 4.16. The number of rotatable bonds is 2. The number of nitrogens with two attached hydrogens (primary N) is 1. The van der Waals surface area contributed by atoms with Crippen molar-refractivity contribution >= 4 is 11.9 Å². The molecule has 1 saturated heterocycles. The average molecular weight is 260 g/mol. The van der Waals surface area contributed by atoms with Crippen LogP contribution in [0.2, 0.25) is 0 Å². The van der Waals surface area contributed by atoms with E-state index in [4.69, 9.17) is 5.73 Å². The maximum absolute atomic E-state index is 5.75. The molecule has 1 fully saturated rings. The number of hydrogen-bond acceptors (Lipinski definition) is 7. The molecule has 0 amide bonds. The van der Waals surface area contributed by atoms with E-state index in [1.807, 2.05) is 0 Å². The molecule has 0 unspecified atom stereocenters. The molecule has 1 aliphatic rings. The Kier molecular flexibility index (Phi) is 2.98. The highest BCUT2D eigenvalue weighted by molar-refractivity contribution is 5.37. The molecule has 100 valence electrons. The van der Waals surface area contributed by atoms with Crippen molar-refractivity contribution in [3.05, 3.63) is 12.7 Å². The van der Waals surface area contributed by atoms with Crippen LogP contribution in [0.1, 0.15) is 19.8 Å². The molecular formula is C11H16N8. The van der Waals surface area contributed by atoms with Crippen LogP contribution in [0.5, 0.6) is 0 Å². The summed E-state index contributed by atoms with van der Waals surface area (Å²) in [4.78, 5) is 18.7. The highest BCUT2D eigenvalue weighted by Crippen LogP contribution is 2.20. The SMILES string of the molecule is CC1CCN(c2nc(N)nc(-n3cncn3)n2)CC1. The van der Waals surface area contributed by atoms with Crippen LogP contribution in [0.25, 0.3) is 5.95 Å². The second kappa shape index (κ2) is 4.79. The lowest BCUT2D eigenvalue weighted by molar-refractivity contribution is 0.434. The van der Waals surface area contributed by atoms with Crippen LogP contribution in [0, 0.1) is 5.92 Å². The molecule has 2 aromatic rings. The Morgan fingerprint density at radius 2 is 1.89 bits per heavy atom. The number of aromatic nitrogens is 6. The number of nitrogen functional groups attached to an aromatic ring is 1. The zero-order valence-corrected chi connectivity index (χ0v) is 10.8. The summed E-state index contributed by atoms with van der Waals surface area (Å²) >= 11 is 0. The van der Waals surface area contributed by atoms with Gasteiger partial charge < -0.3 is 10.6 Å². The van der Waals surface area contributed by atoms with Crippen LogP contribution in [-0.4, -0.2) is 42.8 Å². The largest absolute Gasteiger partial charge is 0.368 e. The maximum atomic E-state index is 5.75. The summed E-state index contributed by atoms with van der Waals surface area (Å²) in [6, 6.07) is 0. The monoisotopic (exact) mass is 260 g/mol. The molecule has 0 bridgehead atoms. The number of anilines is 2. The van der Waals surface area contributed by atoms with E-state index in [1.54, 1.807) is 0 Å². The highest BCUT2D eigenvalue weighted by atomic mass is 15.4. The zero-order valence-electron chi connectivity index (χ0n) is 10.8. The maximum Gasteiger partial charge on any atom is 0.258 e. The Bertz CT molecular complexity index is 544. The summed E-state index contributed by atoms with van der Waals surface area (Å²) in [7, 11) is 0. The fraction of sp³-hybridized carbons (Fsp3) is 0.545. The molecule has 0 aromatic carbocycles. The number of hydrogen-bond donors (Lipinski definition) is 1. The minimum absolute atomic E-state index is 0.203. The third-order valence-corrected chi connectivity index (χ3v) is 3.32. The standard InChI is InChI=1S/C11H16N8/c1-8-2-4-18(5-3-8)10-15-9(12)16-11(17-10)19-7-13-6-14-19/h6-8H,2-5H2,1H3,(H2,12,15,16,17). The van der Waals surface area contributed by atoms with Crippen molar-refractivity contribution in [3.63, 3.8) is 0 Å². The van der Waals surface area contributed by atoms with E-state index < -0.39 is 0 Å². The van der Waals surface area contributed by atoms with Gasteiger partial charge in [-0.05, 0) is 18.8 Å². The van der Waals surface area contributed by atoms with Gasteiger partial charge in [-0.3, -0.25) is 0 Å². The predicted molar refractivity (Wildman–Crippen MR) is 69.8 cm³/mol. The molecule has 8 heteroatoms. The lowest BCUT2D eigenvalue weighted by Crippen LogP contribution is -2.34. The van der Waals surface area contributed by atoms with Gasteiger partial charge in [0.1, 0.15) is 12.7 Å². The summed E-state index contributed by atoms with van der Waals surface area (Å²) in [5.41, 5.74) is 5.75. The van der Waals surface area contributed by atoms with Crippen LogP contribution in [0.15, 0.2) is 12.7 Å².